The molecule has 0 unspecified atom stereocenters. The molecule has 4 nitrogen and oxygen atoms in total. The zero-order chi connectivity index (χ0) is 7.72. The number of aromatic nitrogens is 1. The normalized spacial score (nSPS) is 9.70. The number of nitrogens with zero attached hydrogens (tertiary/aromatic N) is 1. The van der Waals surface area contributed by atoms with Crippen LogP contribution in [0.4, 0.5) is 5.69 Å². The molecule has 1 rings (SSSR count). The second-order valence-corrected chi connectivity index (χ2v) is 2.07. The number of hydrogen-bond donors (Lipinski definition) is 2. The van der Waals surface area contributed by atoms with E-state index < -0.39 is 5.97 Å². The van der Waals surface area contributed by atoms with E-state index in [1.807, 2.05) is 0 Å². The average Bonchev–Trinajstić information content (AvgIpc) is 2.10. The molecule has 4 heteroatoms. The van der Waals surface area contributed by atoms with Gasteiger partial charge in [-0.15, -0.1) is 0 Å². The van der Waals surface area contributed by atoms with E-state index in [9.17, 15) is 4.79 Å². The van der Waals surface area contributed by atoms with Crippen LogP contribution in [0.3, 0.4) is 0 Å². The lowest BCUT2D eigenvalue weighted by atomic mass is 10.4. The van der Waals surface area contributed by atoms with E-state index in [0.29, 0.717) is 5.69 Å². The lowest BCUT2D eigenvalue weighted by Crippen LogP contribution is -2.02. The Labute approximate surface area is 57.9 Å². The summed E-state index contributed by atoms with van der Waals surface area (Å²) in [5.74, 6) is -0.959. The van der Waals surface area contributed by atoms with Crippen molar-refractivity contribution in [2.45, 2.75) is 0 Å². The molecule has 0 radical (unpaired) electrons. The highest BCUT2D eigenvalue weighted by Crippen LogP contribution is 2.07. The molecule has 1 heterocycles. The minimum Gasteiger partial charge on any atom is -0.477 e. The van der Waals surface area contributed by atoms with Gasteiger partial charge in [-0.3, -0.25) is 0 Å². The predicted octanol–water partition coefficient (Wildman–Crippen LogP) is 0.306. The van der Waals surface area contributed by atoms with Gasteiger partial charge in [-0.1, -0.05) is 0 Å². The van der Waals surface area contributed by atoms with Crippen LogP contribution in [0.1, 0.15) is 10.5 Å². The molecule has 0 amide bonds. The maximum atomic E-state index is 10.4. The number of carboxylic acid groups (broad SMARTS) is 1. The van der Waals surface area contributed by atoms with Crippen LogP contribution in [-0.2, 0) is 7.05 Å². The van der Waals surface area contributed by atoms with Gasteiger partial charge in [0.2, 0.25) is 0 Å². The van der Waals surface area contributed by atoms with Gasteiger partial charge in [0, 0.05) is 13.2 Å². The van der Waals surface area contributed by atoms with E-state index >= 15 is 0 Å². The second-order valence-electron chi connectivity index (χ2n) is 2.07. The quantitative estimate of drug-likeness (QED) is 0.589. The van der Waals surface area contributed by atoms with Crippen molar-refractivity contribution in [1.29, 1.82) is 0 Å². The molecule has 0 saturated heterocycles. The largest absolute Gasteiger partial charge is 0.477 e. The molecule has 0 saturated carbocycles. The van der Waals surface area contributed by atoms with Crippen LogP contribution >= 0.6 is 0 Å². The van der Waals surface area contributed by atoms with E-state index in [1.54, 1.807) is 13.2 Å². The molecule has 0 atom stereocenters. The average molecular weight is 140 g/mol. The summed E-state index contributed by atoms with van der Waals surface area (Å²) in [5.41, 5.74) is 6.01. The smallest absolute Gasteiger partial charge is 0.352 e. The van der Waals surface area contributed by atoms with E-state index in [2.05, 4.69) is 0 Å². The van der Waals surface area contributed by atoms with Crippen molar-refractivity contribution in [2.24, 2.45) is 7.05 Å². The maximum absolute atomic E-state index is 10.4. The van der Waals surface area contributed by atoms with Crippen LogP contribution in [-0.4, -0.2) is 15.6 Å². The number of carbonyl (C=O) groups is 1. The Morgan fingerprint density at radius 2 is 2.40 bits per heavy atom. The number of carboxylic acids is 1. The molecule has 10 heavy (non-hydrogen) atoms. The van der Waals surface area contributed by atoms with Crippen molar-refractivity contribution in [3.05, 3.63) is 18.0 Å². The van der Waals surface area contributed by atoms with Crippen LogP contribution in [0.25, 0.3) is 0 Å². The lowest BCUT2D eigenvalue weighted by molar-refractivity contribution is 0.0686. The van der Waals surface area contributed by atoms with E-state index in [0.717, 1.165) is 0 Å². The Balaban J connectivity index is 3.15. The minimum absolute atomic E-state index is 0.206. The van der Waals surface area contributed by atoms with E-state index in [-0.39, 0.29) is 5.69 Å². The van der Waals surface area contributed by atoms with Crippen molar-refractivity contribution in [1.82, 2.24) is 4.57 Å². The molecular formula is C6H8N2O2. The fourth-order valence-electron chi connectivity index (χ4n) is 0.803. The summed E-state index contributed by atoms with van der Waals surface area (Å²) < 4.78 is 1.47. The van der Waals surface area contributed by atoms with Crippen LogP contribution in [0.2, 0.25) is 0 Å². The number of aromatic carboxylic acids is 1. The van der Waals surface area contributed by atoms with Gasteiger partial charge < -0.3 is 15.4 Å². The highest BCUT2D eigenvalue weighted by atomic mass is 16.4. The first kappa shape index (κ1) is 6.67. The van der Waals surface area contributed by atoms with Gasteiger partial charge in [-0.25, -0.2) is 4.79 Å². The first-order chi connectivity index (χ1) is 4.61. The fraction of sp³-hybridized carbons (Fsp3) is 0.167. The second kappa shape index (κ2) is 2.06. The maximum Gasteiger partial charge on any atom is 0.352 e. The Hall–Kier alpha value is -1.45. The van der Waals surface area contributed by atoms with Gasteiger partial charge in [0.15, 0.2) is 0 Å². The van der Waals surface area contributed by atoms with Crippen molar-refractivity contribution in [3.8, 4) is 0 Å². The van der Waals surface area contributed by atoms with Crippen molar-refractivity contribution >= 4 is 11.7 Å². The summed E-state index contributed by atoms with van der Waals surface area (Å²) >= 11 is 0. The molecule has 0 aliphatic rings. The predicted molar refractivity (Wildman–Crippen MR) is 36.8 cm³/mol. The van der Waals surface area contributed by atoms with Crippen LogP contribution in [0.15, 0.2) is 12.3 Å². The first-order valence-electron chi connectivity index (χ1n) is 2.76. The topological polar surface area (TPSA) is 68.2 Å². The minimum atomic E-state index is -0.959. The SMILES string of the molecule is Cn1cc(N)cc1C(=O)O. The fourth-order valence-corrected chi connectivity index (χ4v) is 0.803. The third-order valence-corrected chi connectivity index (χ3v) is 1.25. The summed E-state index contributed by atoms with van der Waals surface area (Å²) in [6.45, 7) is 0. The van der Waals surface area contributed by atoms with Crippen molar-refractivity contribution in [2.75, 3.05) is 5.73 Å². The highest BCUT2D eigenvalue weighted by Gasteiger charge is 2.06. The van der Waals surface area contributed by atoms with Gasteiger partial charge in [-0.2, -0.15) is 0 Å². The van der Waals surface area contributed by atoms with Gasteiger partial charge >= 0.3 is 5.97 Å². The molecule has 0 spiro atoms. The Morgan fingerprint density at radius 3 is 2.60 bits per heavy atom. The number of hydrogen-bond acceptors (Lipinski definition) is 2. The number of anilines is 1. The molecule has 0 bridgehead atoms. The zero-order valence-electron chi connectivity index (χ0n) is 5.53. The van der Waals surface area contributed by atoms with Gasteiger partial charge in [-0.05, 0) is 6.07 Å². The lowest BCUT2D eigenvalue weighted by Gasteiger charge is -1.92. The summed E-state index contributed by atoms with van der Waals surface area (Å²) in [4.78, 5) is 10.4. The summed E-state index contributed by atoms with van der Waals surface area (Å²) in [5, 5.41) is 8.50. The number of aryl methyl sites for hydroxylation is 1. The highest BCUT2D eigenvalue weighted by molar-refractivity contribution is 5.87. The summed E-state index contributed by atoms with van der Waals surface area (Å²) in [6, 6.07) is 1.42. The number of nitrogen functional groups attached to an aromatic ring is 1. The molecule has 0 aliphatic heterocycles. The monoisotopic (exact) mass is 140 g/mol. The molecule has 3 N–H and O–H groups in total. The van der Waals surface area contributed by atoms with Crippen molar-refractivity contribution < 1.29 is 9.90 Å². The summed E-state index contributed by atoms with van der Waals surface area (Å²) in [6.07, 6.45) is 1.56. The van der Waals surface area contributed by atoms with Crippen LogP contribution in [0.5, 0.6) is 0 Å². The molecule has 0 aliphatic carbocycles. The zero-order valence-corrected chi connectivity index (χ0v) is 5.53. The van der Waals surface area contributed by atoms with Gasteiger partial charge in [0.25, 0.3) is 0 Å². The third kappa shape index (κ3) is 0.953. The van der Waals surface area contributed by atoms with Gasteiger partial charge in [0.05, 0.1) is 5.69 Å². The number of nitrogens with two attached hydrogens (primary N) is 1. The van der Waals surface area contributed by atoms with E-state index in [4.69, 9.17) is 10.8 Å². The standard InChI is InChI=1S/C6H8N2O2/c1-8-3-4(7)2-5(8)6(9)10/h2-3H,7H2,1H3,(H,9,10). The molecule has 1 aromatic rings. The van der Waals surface area contributed by atoms with Gasteiger partial charge in [0.1, 0.15) is 5.69 Å². The van der Waals surface area contributed by atoms with Crippen LogP contribution < -0.4 is 5.73 Å². The Kier molecular flexibility index (Phi) is 1.37. The number of rotatable bonds is 1. The Morgan fingerprint density at radius 1 is 1.80 bits per heavy atom. The third-order valence-electron chi connectivity index (χ3n) is 1.25. The first-order valence-corrected chi connectivity index (χ1v) is 2.76. The summed E-state index contributed by atoms with van der Waals surface area (Å²) in [7, 11) is 1.64. The molecule has 54 valence electrons. The Bertz CT molecular complexity index is 265. The molecule has 0 fully saturated rings. The van der Waals surface area contributed by atoms with Crippen molar-refractivity contribution in [3.63, 3.8) is 0 Å². The molecule has 0 aromatic carbocycles. The van der Waals surface area contributed by atoms with E-state index in [1.165, 1.54) is 10.6 Å². The molecular weight excluding hydrogens is 132 g/mol. The van der Waals surface area contributed by atoms with Crippen LogP contribution in [0, 0.1) is 0 Å². The molecule has 1 aromatic heterocycles.